The summed E-state index contributed by atoms with van der Waals surface area (Å²) in [5, 5.41) is 3.75. The number of rotatable bonds is 5. The van der Waals surface area contributed by atoms with Gasteiger partial charge in [-0.2, -0.15) is 0 Å². The number of hydrogen-bond donors (Lipinski definition) is 2. The second-order valence-electron chi connectivity index (χ2n) is 5.93. The smallest absolute Gasteiger partial charge is 0.263 e. The maximum absolute atomic E-state index is 12.4. The first-order valence-corrected chi connectivity index (χ1v) is 9.78. The van der Waals surface area contributed by atoms with E-state index in [9.17, 15) is 8.42 Å². The van der Waals surface area contributed by atoms with Crippen LogP contribution in [0.1, 0.15) is 11.1 Å². The van der Waals surface area contributed by atoms with Crippen LogP contribution in [0.2, 0.25) is 5.02 Å². The Kier molecular flexibility index (Phi) is 5.15. The van der Waals surface area contributed by atoms with Crippen molar-refractivity contribution in [2.24, 2.45) is 0 Å². The number of aromatic nitrogens is 1. The van der Waals surface area contributed by atoms with Gasteiger partial charge in [-0.3, -0.25) is 4.72 Å². The molecule has 5 nitrogen and oxygen atoms in total. The number of aryl methyl sites for hydroxylation is 2. The van der Waals surface area contributed by atoms with Gasteiger partial charge < -0.3 is 5.32 Å². The van der Waals surface area contributed by atoms with Crippen LogP contribution in [0.15, 0.2) is 65.7 Å². The van der Waals surface area contributed by atoms with Gasteiger partial charge in [0.1, 0.15) is 5.82 Å². The minimum Gasteiger partial charge on any atom is -0.354 e. The Morgan fingerprint density at radius 1 is 0.962 bits per heavy atom. The predicted octanol–water partition coefficient (Wildman–Crippen LogP) is 4.90. The van der Waals surface area contributed by atoms with Crippen molar-refractivity contribution in [2.75, 3.05) is 10.0 Å². The molecule has 0 unspecified atom stereocenters. The summed E-state index contributed by atoms with van der Waals surface area (Å²) >= 11 is 5.79. The van der Waals surface area contributed by atoms with E-state index in [-0.39, 0.29) is 10.7 Å². The lowest BCUT2D eigenvalue weighted by Gasteiger charge is -2.11. The first-order valence-electron chi connectivity index (χ1n) is 7.92. The lowest BCUT2D eigenvalue weighted by atomic mass is 10.1. The van der Waals surface area contributed by atoms with E-state index < -0.39 is 10.0 Å². The van der Waals surface area contributed by atoms with Crippen LogP contribution in [-0.4, -0.2) is 13.4 Å². The summed E-state index contributed by atoms with van der Waals surface area (Å²) in [6.07, 6.45) is 1.58. The Labute approximate surface area is 158 Å². The van der Waals surface area contributed by atoms with Gasteiger partial charge in [0.15, 0.2) is 0 Å². The molecule has 3 rings (SSSR count). The highest BCUT2D eigenvalue weighted by Gasteiger charge is 2.14. The van der Waals surface area contributed by atoms with Gasteiger partial charge in [0.2, 0.25) is 0 Å². The zero-order valence-electron chi connectivity index (χ0n) is 14.3. The molecule has 0 atom stereocenters. The number of halogens is 1. The summed E-state index contributed by atoms with van der Waals surface area (Å²) in [6.45, 7) is 4.07. The summed E-state index contributed by atoms with van der Waals surface area (Å²) in [6, 6.07) is 15.4. The van der Waals surface area contributed by atoms with Gasteiger partial charge in [-0.15, -0.1) is 0 Å². The molecule has 1 aromatic heterocycles. The van der Waals surface area contributed by atoms with Crippen molar-refractivity contribution in [3.8, 4) is 0 Å². The maximum Gasteiger partial charge on any atom is 0.263 e. The number of sulfonamides is 1. The standard InChI is InChI=1S/C19H18ClN3O2S/c1-13-3-9-18(14(2)11-13)22-16-6-10-19(21-12-16)23-26(24,25)17-7-4-15(20)5-8-17/h3-12,22H,1-2H3,(H,21,23). The van der Waals surface area contributed by atoms with Crippen molar-refractivity contribution in [2.45, 2.75) is 18.7 Å². The average molecular weight is 388 g/mol. The molecule has 0 spiro atoms. The molecule has 1 heterocycles. The second-order valence-corrected chi connectivity index (χ2v) is 8.05. The van der Waals surface area contributed by atoms with E-state index in [0.717, 1.165) is 16.9 Å². The molecule has 2 aromatic carbocycles. The molecule has 0 aliphatic heterocycles. The number of benzene rings is 2. The second kappa shape index (κ2) is 7.35. The van der Waals surface area contributed by atoms with Crippen molar-refractivity contribution in [3.05, 3.63) is 76.9 Å². The van der Waals surface area contributed by atoms with Gasteiger partial charge in [-0.25, -0.2) is 13.4 Å². The van der Waals surface area contributed by atoms with Crippen molar-refractivity contribution in [3.63, 3.8) is 0 Å². The van der Waals surface area contributed by atoms with Gasteiger partial charge in [0, 0.05) is 10.7 Å². The van der Waals surface area contributed by atoms with Crippen molar-refractivity contribution in [1.29, 1.82) is 0 Å². The first-order chi connectivity index (χ1) is 12.3. The Hall–Kier alpha value is -2.57. The highest BCUT2D eigenvalue weighted by molar-refractivity contribution is 7.92. The summed E-state index contributed by atoms with van der Waals surface area (Å²) in [5.41, 5.74) is 4.06. The Bertz CT molecular complexity index is 1020. The summed E-state index contributed by atoms with van der Waals surface area (Å²) in [4.78, 5) is 4.30. The molecule has 134 valence electrons. The van der Waals surface area contributed by atoms with E-state index in [1.807, 2.05) is 26.0 Å². The van der Waals surface area contributed by atoms with Crippen LogP contribution < -0.4 is 10.0 Å². The number of hydrogen-bond acceptors (Lipinski definition) is 4. The van der Waals surface area contributed by atoms with Gasteiger partial charge in [-0.1, -0.05) is 29.3 Å². The van der Waals surface area contributed by atoms with Crippen LogP contribution in [0.4, 0.5) is 17.2 Å². The number of nitrogens with zero attached hydrogens (tertiary/aromatic N) is 1. The highest BCUT2D eigenvalue weighted by Crippen LogP contribution is 2.22. The Balaban J connectivity index is 1.74. The molecule has 3 aromatic rings. The fourth-order valence-electron chi connectivity index (χ4n) is 2.45. The van der Waals surface area contributed by atoms with E-state index in [1.54, 1.807) is 18.3 Å². The minimum atomic E-state index is -3.70. The SMILES string of the molecule is Cc1ccc(Nc2ccc(NS(=O)(=O)c3ccc(Cl)cc3)nc2)c(C)c1. The van der Waals surface area contributed by atoms with Gasteiger partial charge in [-0.05, 0) is 61.9 Å². The maximum atomic E-state index is 12.4. The van der Waals surface area contributed by atoms with Crippen molar-refractivity contribution < 1.29 is 8.42 Å². The topological polar surface area (TPSA) is 71.1 Å². The Morgan fingerprint density at radius 2 is 1.69 bits per heavy atom. The van der Waals surface area contributed by atoms with Crippen molar-refractivity contribution in [1.82, 2.24) is 4.98 Å². The zero-order valence-corrected chi connectivity index (χ0v) is 15.9. The molecule has 2 N–H and O–H groups in total. The molecule has 0 fully saturated rings. The highest BCUT2D eigenvalue weighted by atomic mass is 35.5. The van der Waals surface area contributed by atoms with E-state index in [4.69, 9.17) is 11.6 Å². The van der Waals surface area contributed by atoms with Crippen LogP contribution in [-0.2, 0) is 10.0 Å². The molecule has 0 aliphatic carbocycles. The molecular weight excluding hydrogens is 370 g/mol. The van der Waals surface area contributed by atoms with Crippen LogP contribution in [0, 0.1) is 13.8 Å². The molecule has 0 saturated heterocycles. The van der Waals surface area contributed by atoms with Crippen LogP contribution >= 0.6 is 11.6 Å². The molecule has 0 radical (unpaired) electrons. The molecular formula is C19H18ClN3O2S. The van der Waals surface area contributed by atoms with E-state index in [1.165, 1.54) is 29.8 Å². The van der Waals surface area contributed by atoms with Crippen LogP contribution in [0.3, 0.4) is 0 Å². The summed E-state index contributed by atoms with van der Waals surface area (Å²) in [5.74, 6) is 0.242. The van der Waals surface area contributed by atoms with Crippen LogP contribution in [0.5, 0.6) is 0 Å². The monoisotopic (exact) mass is 387 g/mol. The average Bonchev–Trinajstić information content (AvgIpc) is 2.59. The third-order valence-electron chi connectivity index (χ3n) is 3.79. The molecule has 0 aliphatic rings. The number of anilines is 3. The lowest BCUT2D eigenvalue weighted by molar-refractivity contribution is 0.601. The normalized spacial score (nSPS) is 11.2. The lowest BCUT2D eigenvalue weighted by Crippen LogP contribution is -2.13. The molecule has 0 saturated carbocycles. The van der Waals surface area contributed by atoms with Crippen molar-refractivity contribution >= 4 is 38.8 Å². The fourth-order valence-corrected chi connectivity index (χ4v) is 3.58. The van der Waals surface area contributed by atoms with Gasteiger partial charge in [0.05, 0.1) is 16.8 Å². The largest absolute Gasteiger partial charge is 0.354 e. The fraction of sp³-hybridized carbons (Fsp3) is 0.105. The predicted molar refractivity (Wildman–Crippen MR) is 106 cm³/mol. The number of pyridine rings is 1. The van der Waals surface area contributed by atoms with Gasteiger partial charge >= 0.3 is 0 Å². The molecule has 7 heteroatoms. The molecule has 26 heavy (non-hydrogen) atoms. The number of nitrogens with one attached hydrogen (secondary N) is 2. The quantitative estimate of drug-likeness (QED) is 0.653. The first kappa shape index (κ1) is 18.2. The molecule has 0 bridgehead atoms. The van der Waals surface area contributed by atoms with E-state index >= 15 is 0 Å². The third-order valence-corrected chi connectivity index (χ3v) is 5.41. The molecule has 0 amide bonds. The minimum absolute atomic E-state index is 0.126. The van der Waals surface area contributed by atoms with Gasteiger partial charge in [0.25, 0.3) is 10.0 Å². The zero-order chi connectivity index (χ0) is 18.7. The third kappa shape index (κ3) is 4.33. The Morgan fingerprint density at radius 3 is 2.31 bits per heavy atom. The van der Waals surface area contributed by atoms with E-state index in [2.05, 4.69) is 21.1 Å². The summed E-state index contributed by atoms with van der Waals surface area (Å²) in [7, 11) is -3.70. The van der Waals surface area contributed by atoms with Crippen LogP contribution in [0.25, 0.3) is 0 Å². The van der Waals surface area contributed by atoms with E-state index in [0.29, 0.717) is 5.02 Å². The summed E-state index contributed by atoms with van der Waals surface area (Å²) < 4.78 is 27.2.